The molecular weight excluding hydrogens is 364 g/mol. The third-order valence-electron chi connectivity index (χ3n) is 2.53. The second-order valence-corrected chi connectivity index (χ2v) is 5.57. The van der Waals surface area contributed by atoms with Crippen molar-refractivity contribution in [2.24, 2.45) is 0 Å². The standard InChI is InChI=1S/C12H16Br2N2O2/c1-7(12(17)15-2)16-6-8-4-9(13)5-10(14)11(8)18-3/h4-5,7,16H,6H2,1-3H3,(H,15,17). The summed E-state index contributed by atoms with van der Waals surface area (Å²) in [6.45, 7) is 2.37. The van der Waals surface area contributed by atoms with Crippen LogP contribution in [0.15, 0.2) is 21.1 Å². The second kappa shape index (κ2) is 7.11. The van der Waals surface area contributed by atoms with E-state index in [1.807, 2.05) is 19.1 Å². The van der Waals surface area contributed by atoms with Crippen LogP contribution in [0.2, 0.25) is 0 Å². The Labute approximate surface area is 124 Å². The van der Waals surface area contributed by atoms with Crippen molar-refractivity contribution in [1.29, 1.82) is 0 Å². The van der Waals surface area contributed by atoms with Gasteiger partial charge in [-0.1, -0.05) is 15.9 Å². The van der Waals surface area contributed by atoms with Crippen LogP contribution >= 0.6 is 31.9 Å². The molecule has 0 saturated heterocycles. The molecule has 18 heavy (non-hydrogen) atoms. The van der Waals surface area contributed by atoms with E-state index in [2.05, 4.69) is 42.5 Å². The molecule has 0 saturated carbocycles. The minimum absolute atomic E-state index is 0.0389. The Kier molecular flexibility index (Phi) is 6.11. The summed E-state index contributed by atoms with van der Waals surface area (Å²) < 4.78 is 7.18. The lowest BCUT2D eigenvalue weighted by atomic mass is 10.2. The molecule has 0 bridgehead atoms. The zero-order valence-corrected chi connectivity index (χ0v) is 13.7. The van der Waals surface area contributed by atoms with Crippen molar-refractivity contribution >= 4 is 37.8 Å². The van der Waals surface area contributed by atoms with Gasteiger partial charge in [0, 0.05) is 23.6 Å². The van der Waals surface area contributed by atoms with Crippen molar-refractivity contribution in [3.05, 3.63) is 26.6 Å². The van der Waals surface area contributed by atoms with Gasteiger partial charge in [0.2, 0.25) is 5.91 Å². The number of carbonyl (C=O) groups is 1. The molecule has 1 unspecified atom stereocenters. The van der Waals surface area contributed by atoms with E-state index >= 15 is 0 Å². The molecule has 4 nitrogen and oxygen atoms in total. The minimum atomic E-state index is -0.252. The van der Waals surface area contributed by atoms with E-state index in [1.165, 1.54) is 0 Å². The first-order valence-electron chi connectivity index (χ1n) is 5.46. The molecule has 100 valence electrons. The lowest BCUT2D eigenvalue weighted by Crippen LogP contribution is -2.40. The fraction of sp³-hybridized carbons (Fsp3) is 0.417. The molecule has 0 heterocycles. The summed E-state index contributed by atoms with van der Waals surface area (Å²) in [6, 6.07) is 3.63. The first-order valence-corrected chi connectivity index (χ1v) is 7.05. The van der Waals surface area contributed by atoms with E-state index in [1.54, 1.807) is 14.2 Å². The fourth-order valence-electron chi connectivity index (χ4n) is 1.55. The highest BCUT2D eigenvalue weighted by molar-refractivity contribution is 9.11. The summed E-state index contributed by atoms with van der Waals surface area (Å²) in [6.07, 6.45) is 0. The molecule has 0 fully saturated rings. The van der Waals surface area contributed by atoms with Crippen molar-refractivity contribution in [1.82, 2.24) is 10.6 Å². The Hall–Kier alpha value is -0.590. The van der Waals surface area contributed by atoms with E-state index in [0.717, 1.165) is 20.3 Å². The maximum atomic E-state index is 11.4. The van der Waals surface area contributed by atoms with Crippen LogP contribution in [-0.4, -0.2) is 26.1 Å². The molecule has 1 amide bonds. The SMILES string of the molecule is CNC(=O)C(C)NCc1cc(Br)cc(Br)c1OC. The lowest BCUT2D eigenvalue weighted by molar-refractivity contribution is -0.122. The van der Waals surface area contributed by atoms with Gasteiger partial charge >= 0.3 is 0 Å². The van der Waals surface area contributed by atoms with Crippen molar-refractivity contribution < 1.29 is 9.53 Å². The van der Waals surface area contributed by atoms with Gasteiger partial charge < -0.3 is 15.4 Å². The molecule has 0 aromatic heterocycles. The van der Waals surface area contributed by atoms with Crippen LogP contribution in [0.25, 0.3) is 0 Å². The molecule has 1 atom stereocenters. The van der Waals surface area contributed by atoms with Crippen molar-refractivity contribution in [3.8, 4) is 5.75 Å². The average Bonchev–Trinajstić information content (AvgIpc) is 2.34. The first kappa shape index (κ1) is 15.5. The van der Waals surface area contributed by atoms with Gasteiger partial charge in [-0.2, -0.15) is 0 Å². The second-order valence-electron chi connectivity index (χ2n) is 3.80. The van der Waals surface area contributed by atoms with E-state index in [0.29, 0.717) is 6.54 Å². The third-order valence-corrected chi connectivity index (χ3v) is 3.57. The van der Waals surface area contributed by atoms with Crippen LogP contribution < -0.4 is 15.4 Å². The normalized spacial score (nSPS) is 12.1. The number of carbonyl (C=O) groups excluding carboxylic acids is 1. The third kappa shape index (κ3) is 3.96. The first-order chi connectivity index (χ1) is 8.49. The Morgan fingerprint density at radius 3 is 2.67 bits per heavy atom. The average molecular weight is 380 g/mol. The Balaban J connectivity index is 2.81. The van der Waals surface area contributed by atoms with Crippen LogP contribution in [0, 0.1) is 0 Å². The Morgan fingerprint density at radius 2 is 2.11 bits per heavy atom. The summed E-state index contributed by atoms with van der Waals surface area (Å²) >= 11 is 6.88. The number of hydrogen-bond acceptors (Lipinski definition) is 3. The van der Waals surface area contributed by atoms with Gasteiger partial charge in [0.05, 0.1) is 17.6 Å². The zero-order valence-electron chi connectivity index (χ0n) is 10.5. The van der Waals surface area contributed by atoms with Crippen molar-refractivity contribution in [2.75, 3.05) is 14.2 Å². The van der Waals surface area contributed by atoms with Crippen LogP contribution in [0.4, 0.5) is 0 Å². The number of halogens is 2. The fourth-order valence-corrected chi connectivity index (χ4v) is 3.02. The molecule has 2 N–H and O–H groups in total. The largest absolute Gasteiger partial charge is 0.495 e. The molecule has 0 aliphatic rings. The van der Waals surface area contributed by atoms with E-state index in [4.69, 9.17) is 4.74 Å². The highest BCUT2D eigenvalue weighted by Crippen LogP contribution is 2.32. The maximum Gasteiger partial charge on any atom is 0.236 e. The quantitative estimate of drug-likeness (QED) is 0.826. The number of methoxy groups -OCH3 is 1. The van der Waals surface area contributed by atoms with Gasteiger partial charge in [0.25, 0.3) is 0 Å². The number of ether oxygens (including phenoxy) is 1. The summed E-state index contributed by atoms with van der Waals surface area (Å²) in [5, 5.41) is 5.75. The molecule has 0 radical (unpaired) electrons. The zero-order chi connectivity index (χ0) is 13.7. The summed E-state index contributed by atoms with van der Waals surface area (Å²) in [7, 11) is 3.25. The number of benzene rings is 1. The van der Waals surface area contributed by atoms with Crippen LogP contribution in [0.5, 0.6) is 5.75 Å². The molecule has 1 aromatic carbocycles. The van der Waals surface area contributed by atoms with Crippen molar-refractivity contribution in [3.63, 3.8) is 0 Å². The Morgan fingerprint density at radius 1 is 1.44 bits per heavy atom. The number of likely N-dealkylation sites (N-methyl/N-ethyl adjacent to an activating group) is 1. The van der Waals surface area contributed by atoms with Gasteiger partial charge in [-0.15, -0.1) is 0 Å². The number of nitrogens with one attached hydrogen (secondary N) is 2. The van der Waals surface area contributed by atoms with Gasteiger partial charge in [-0.3, -0.25) is 4.79 Å². The number of amides is 1. The number of hydrogen-bond donors (Lipinski definition) is 2. The van der Waals surface area contributed by atoms with Gasteiger partial charge in [-0.25, -0.2) is 0 Å². The van der Waals surface area contributed by atoms with Crippen LogP contribution in [0.1, 0.15) is 12.5 Å². The predicted octanol–water partition coefficient (Wildman–Crippen LogP) is 2.44. The Bertz CT molecular complexity index is 438. The van der Waals surface area contributed by atoms with Gasteiger partial charge in [0.15, 0.2) is 0 Å². The molecule has 1 aromatic rings. The summed E-state index contributed by atoms with van der Waals surface area (Å²) in [5.41, 5.74) is 0.981. The monoisotopic (exact) mass is 378 g/mol. The topological polar surface area (TPSA) is 50.4 Å². The smallest absolute Gasteiger partial charge is 0.236 e. The van der Waals surface area contributed by atoms with Gasteiger partial charge in [0.1, 0.15) is 5.75 Å². The maximum absolute atomic E-state index is 11.4. The molecule has 0 aliphatic carbocycles. The number of rotatable bonds is 5. The molecule has 0 spiro atoms. The minimum Gasteiger partial charge on any atom is -0.495 e. The van der Waals surface area contributed by atoms with Crippen LogP contribution in [0.3, 0.4) is 0 Å². The van der Waals surface area contributed by atoms with E-state index < -0.39 is 0 Å². The molecular formula is C12H16Br2N2O2. The van der Waals surface area contributed by atoms with Crippen molar-refractivity contribution in [2.45, 2.75) is 19.5 Å². The lowest BCUT2D eigenvalue weighted by Gasteiger charge is -2.15. The van der Waals surface area contributed by atoms with Crippen LogP contribution in [-0.2, 0) is 11.3 Å². The summed E-state index contributed by atoms with van der Waals surface area (Å²) in [4.78, 5) is 11.4. The summed E-state index contributed by atoms with van der Waals surface area (Å²) in [5.74, 6) is 0.734. The highest BCUT2D eigenvalue weighted by atomic mass is 79.9. The molecule has 6 heteroatoms. The molecule has 1 rings (SSSR count). The highest BCUT2D eigenvalue weighted by Gasteiger charge is 2.13. The molecule has 0 aliphatic heterocycles. The van der Waals surface area contributed by atoms with E-state index in [9.17, 15) is 4.79 Å². The predicted molar refractivity (Wildman–Crippen MR) is 78.8 cm³/mol. The van der Waals surface area contributed by atoms with E-state index in [-0.39, 0.29) is 11.9 Å². The van der Waals surface area contributed by atoms with Gasteiger partial charge in [-0.05, 0) is 35.0 Å².